The summed E-state index contributed by atoms with van der Waals surface area (Å²) in [5.41, 5.74) is 1.25. The van der Waals surface area contributed by atoms with Gasteiger partial charge >= 0.3 is 5.97 Å². The quantitative estimate of drug-likeness (QED) is 0.719. The number of carbonyl (C=O) groups excluding carboxylic acids is 1. The molecule has 0 bridgehead atoms. The molecule has 2 aromatic heterocycles. The first kappa shape index (κ1) is 15.3. The molecule has 2 heterocycles. The summed E-state index contributed by atoms with van der Waals surface area (Å²) in [6, 6.07) is 5.20. The van der Waals surface area contributed by atoms with Crippen molar-refractivity contribution in [3.05, 3.63) is 53.1 Å². The van der Waals surface area contributed by atoms with E-state index in [1.165, 1.54) is 0 Å². The van der Waals surface area contributed by atoms with Gasteiger partial charge in [-0.25, -0.2) is 9.78 Å². The second-order valence-corrected chi connectivity index (χ2v) is 5.15. The normalized spacial score (nSPS) is 10.7. The van der Waals surface area contributed by atoms with Gasteiger partial charge in [-0.3, -0.25) is 4.98 Å². The molecule has 3 rings (SSSR count). The summed E-state index contributed by atoms with van der Waals surface area (Å²) < 4.78 is 10.7. The average Bonchev–Trinajstić information content (AvgIpc) is 2.92. The number of halogens is 1. The van der Waals surface area contributed by atoms with Gasteiger partial charge in [-0.2, -0.15) is 0 Å². The molecule has 0 saturated heterocycles. The van der Waals surface area contributed by atoms with E-state index in [1.807, 2.05) is 0 Å². The lowest BCUT2D eigenvalue weighted by Crippen LogP contribution is -2.09. The molecule has 1 N–H and O–H groups in total. The number of ether oxygens (including phenoxy) is 1. The number of aromatic nitrogens is 2. The first-order valence-electron chi connectivity index (χ1n) is 7.07. The van der Waals surface area contributed by atoms with E-state index in [4.69, 9.17) is 20.8 Å². The Balaban J connectivity index is 1.99. The monoisotopic (exact) mass is 331 g/mol. The van der Waals surface area contributed by atoms with Crippen molar-refractivity contribution in [1.29, 1.82) is 0 Å². The van der Waals surface area contributed by atoms with Crippen LogP contribution in [0.5, 0.6) is 0 Å². The third-order valence-electron chi connectivity index (χ3n) is 3.22. The van der Waals surface area contributed by atoms with Crippen LogP contribution in [0.2, 0.25) is 5.02 Å². The Morgan fingerprint density at radius 1 is 1.39 bits per heavy atom. The Kier molecular flexibility index (Phi) is 4.43. The van der Waals surface area contributed by atoms with Crippen molar-refractivity contribution in [3.63, 3.8) is 0 Å². The number of anilines is 1. The van der Waals surface area contributed by atoms with E-state index in [9.17, 15) is 4.79 Å². The largest absolute Gasteiger partial charge is 0.460 e. The van der Waals surface area contributed by atoms with E-state index in [2.05, 4.69) is 15.3 Å². The third-order valence-corrected chi connectivity index (χ3v) is 3.46. The molecule has 0 fully saturated rings. The molecule has 7 heteroatoms. The van der Waals surface area contributed by atoms with Crippen LogP contribution >= 0.6 is 11.6 Å². The van der Waals surface area contributed by atoms with Crippen LogP contribution in [-0.2, 0) is 11.3 Å². The molecular weight excluding hydrogens is 318 g/mol. The molecule has 0 radical (unpaired) electrons. The number of rotatable bonds is 5. The molecule has 0 amide bonds. The summed E-state index contributed by atoms with van der Waals surface area (Å²) in [5, 5.41) is 4.44. The Hall–Kier alpha value is -2.60. The molecule has 0 aliphatic carbocycles. The molecule has 0 aliphatic rings. The van der Waals surface area contributed by atoms with Crippen LogP contribution in [0.15, 0.2) is 41.2 Å². The van der Waals surface area contributed by atoms with Gasteiger partial charge in [0.15, 0.2) is 0 Å². The third kappa shape index (κ3) is 3.27. The molecule has 118 valence electrons. The number of esters is 1. The van der Waals surface area contributed by atoms with Crippen LogP contribution in [0.4, 0.5) is 5.82 Å². The van der Waals surface area contributed by atoms with Crippen molar-refractivity contribution in [2.24, 2.45) is 0 Å². The zero-order valence-electron chi connectivity index (χ0n) is 12.4. The van der Waals surface area contributed by atoms with E-state index in [0.717, 1.165) is 5.39 Å². The molecule has 3 aromatic rings. The van der Waals surface area contributed by atoms with Gasteiger partial charge < -0.3 is 14.5 Å². The zero-order chi connectivity index (χ0) is 16.2. The van der Waals surface area contributed by atoms with Crippen LogP contribution in [0, 0.1) is 0 Å². The number of fused-ring (bicyclic) bond motifs is 1. The fourth-order valence-corrected chi connectivity index (χ4v) is 2.40. The van der Waals surface area contributed by atoms with Gasteiger partial charge in [-0.15, -0.1) is 0 Å². The number of hydrogen-bond donors (Lipinski definition) is 1. The minimum atomic E-state index is -0.504. The smallest absolute Gasteiger partial charge is 0.374 e. The highest BCUT2D eigenvalue weighted by Crippen LogP contribution is 2.29. The summed E-state index contributed by atoms with van der Waals surface area (Å²) in [4.78, 5) is 20.3. The predicted octanol–water partition coefficient (Wildman–Crippen LogP) is 3.67. The maximum Gasteiger partial charge on any atom is 0.374 e. The first-order valence-corrected chi connectivity index (χ1v) is 7.44. The minimum Gasteiger partial charge on any atom is -0.460 e. The molecule has 0 aliphatic heterocycles. The number of benzene rings is 1. The Labute approximate surface area is 137 Å². The van der Waals surface area contributed by atoms with Crippen LogP contribution in [0.25, 0.3) is 11.0 Å². The van der Waals surface area contributed by atoms with Crippen LogP contribution < -0.4 is 5.32 Å². The number of nitrogens with zero attached hydrogens (tertiary/aromatic N) is 2. The van der Waals surface area contributed by atoms with Crippen molar-refractivity contribution in [1.82, 2.24) is 9.97 Å². The zero-order valence-corrected chi connectivity index (χ0v) is 13.1. The molecule has 6 nitrogen and oxygen atoms in total. The lowest BCUT2D eigenvalue weighted by Gasteiger charge is -2.06. The maximum absolute atomic E-state index is 12.1. The Morgan fingerprint density at radius 3 is 3.00 bits per heavy atom. The van der Waals surface area contributed by atoms with Gasteiger partial charge in [0, 0.05) is 34.9 Å². The van der Waals surface area contributed by atoms with Gasteiger partial charge in [-0.1, -0.05) is 11.6 Å². The fraction of sp³-hybridized carbons (Fsp3) is 0.188. The van der Waals surface area contributed by atoms with Crippen molar-refractivity contribution >= 4 is 34.4 Å². The Morgan fingerprint density at radius 2 is 2.26 bits per heavy atom. The highest BCUT2D eigenvalue weighted by molar-refractivity contribution is 6.31. The highest BCUT2D eigenvalue weighted by atomic mass is 35.5. The maximum atomic E-state index is 12.1. The molecule has 0 unspecified atom stereocenters. The van der Waals surface area contributed by atoms with E-state index in [1.54, 1.807) is 43.7 Å². The van der Waals surface area contributed by atoms with Crippen LogP contribution in [0.3, 0.4) is 0 Å². The fourth-order valence-electron chi connectivity index (χ4n) is 2.23. The summed E-state index contributed by atoms with van der Waals surface area (Å²) in [5.74, 6) is 0.259. The number of nitrogens with one attached hydrogen (secondary N) is 1. The lowest BCUT2D eigenvalue weighted by molar-refractivity contribution is 0.0491. The van der Waals surface area contributed by atoms with Crippen molar-refractivity contribution < 1.29 is 13.9 Å². The molecule has 0 saturated carbocycles. The Bertz CT molecular complexity index is 833. The summed E-state index contributed by atoms with van der Waals surface area (Å²) in [7, 11) is 0. The molecule has 0 spiro atoms. The predicted molar refractivity (Wildman–Crippen MR) is 86.5 cm³/mol. The van der Waals surface area contributed by atoms with Crippen molar-refractivity contribution in [2.45, 2.75) is 13.5 Å². The van der Waals surface area contributed by atoms with Crippen LogP contribution in [-0.4, -0.2) is 22.5 Å². The molecular formula is C16H14ClN3O3. The van der Waals surface area contributed by atoms with Gasteiger partial charge in [0.1, 0.15) is 11.4 Å². The number of furan rings is 1. The standard InChI is InChI=1S/C16H14ClN3O3/c1-2-22-16(21)15-12(8-20-14-9-18-5-6-19-14)11-7-10(17)3-4-13(11)23-15/h3-7,9H,2,8H2,1H3,(H,19,20). The van der Waals surface area contributed by atoms with Crippen LogP contribution in [0.1, 0.15) is 23.0 Å². The van der Waals surface area contributed by atoms with Gasteiger partial charge in [-0.05, 0) is 25.1 Å². The first-order chi connectivity index (χ1) is 11.2. The molecule has 1 aromatic carbocycles. The SMILES string of the molecule is CCOC(=O)c1oc2ccc(Cl)cc2c1CNc1cnccn1. The molecule has 23 heavy (non-hydrogen) atoms. The van der Waals surface area contributed by atoms with E-state index in [0.29, 0.717) is 28.5 Å². The number of carbonyl (C=O) groups is 1. The van der Waals surface area contributed by atoms with E-state index in [-0.39, 0.29) is 12.4 Å². The second-order valence-electron chi connectivity index (χ2n) is 4.71. The highest BCUT2D eigenvalue weighted by Gasteiger charge is 2.21. The topological polar surface area (TPSA) is 77.2 Å². The second kappa shape index (κ2) is 6.66. The van der Waals surface area contributed by atoms with E-state index < -0.39 is 5.97 Å². The van der Waals surface area contributed by atoms with Gasteiger partial charge in [0.25, 0.3) is 0 Å². The summed E-state index contributed by atoms with van der Waals surface area (Å²) in [6.07, 6.45) is 4.76. The van der Waals surface area contributed by atoms with Crippen molar-refractivity contribution in [2.75, 3.05) is 11.9 Å². The number of hydrogen-bond acceptors (Lipinski definition) is 6. The van der Waals surface area contributed by atoms with E-state index >= 15 is 0 Å². The molecule has 0 atom stereocenters. The van der Waals surface area contributed by atoms with Gasteiger partial charge in [0.05, 0.1) is 12.8 Å². The van der Waals surface area contributed by atoms with Crippen molar-refractivity contribution in [3.8, 4) is 0 Å². The lowest BCUT2D eigenvalue weighted by atomic mass is 10.1. The average molecular weight is 332 g/mol. The van der Waals surface area contributed by atoms with Gasteiger partial charge in [0.2, 0.25) is 5.76 Å². The summed E-state index contributed by atoms with van der Waals surface area (Å²) in [6.45, 7) is 2.35. The minimum absolute atomic E-state index is 0.167. The summed E-state index contributed by atoms with van der Waals surface area (Å²) >= 11 is 6.06.